The second-order valence-corrected chi connectivity index (χ2v) is 4.88. The van der Waals surface area contributed by atoms with Crippen LogP contribution in [-0.4, -0.2) is 43.4 Å². The summed E-state index contributed by atoms with van der Waals surface area (Å²) in [7, 11) is 0. The Morgan fingerprint density at radius 1 is 1.47 bits per heavy atom. The lowest BCUT2D eigenvalue weighted by molar-refractivity contribution is -0.138. The molecule has 0 aliphatic carbocycles. The minimum Gasteiger partial charge on any atom is -0.480 e. The number of nitrogens with two attached hydrogens (primary N) is 1. The number of aryl methyl sites for hydroxylation is 1. The Morgan fingerprint density at radius 3 is 2.79 bits per heavy atom. The van der Waals surface area contributed by atoms with Gasteiger partial charge in [0.25, 0.3) is 0 Å². The van der Waals surface area contributed by atoms with Crippen LogP contribution in [-0.2, 0) is 16.0 Å². The lowest BCUT2D eigenvalue weighted by atomic mass is 10.0. The molecule has 1 fully saturated rings. The van der Waals surface area contributed by atoms with Crippen LogP contribution in [0.3, 0.4) is 0 Å². The average Bonchev–Trinajstić information content (AvgIpc) is 2.39. The molecule has 2 rings (SSSR count). The Kier molecular flexibility index (Phi) is 4.39. The molecule has 1 unspecified atom stereocenters. The molecule has 0 aromatic heterocycles. The standard InChI is InChI=1S/C14H20N2O3/c1-10-2-3-13(16-4-6-19-7-5-16)11(8-10)9-12(15)14(17)18/h2-3,8,12H,4-7,9,15H2,1H3,(H,17,18). The molecular weight excluding hydrogens is 244 g/mol. The third kappa shape index (κ3) is 3.45. The molecule has 1 aliphatic rings. The molecule has 104 valence electrons. The number of carboxylic acids is 1. The zero-order valence-corrected chi connectivity index (χ0v) is 11.1. The quantitative estimate of drug-likeness (QED) is 0.840. The number of morpholine rings is 1. The van der Waals surface area contributed by atoms with Gasteiger partial charge >= 0.3 is 5.97 Å². The van der Waals surface area contributed by atoms with Crippen molar-refractivity contribution in [2.75, 3.05) is 31.2 Å². The SMILES string of the molecule is Cc1ccc(N2CCOCC2)c(CC(N)C(=O)O)c1. The van der Waals surface area contributed by atoms with Gasteiger partial charge in [-0.2, -0.15) is 0 Å². The van der Waals surface area contributed by atoms with Crippen LogP contribution >= 0.6 is 0 Å². The van der Waals surface area contributed by atoms with Crippen molar-refractivity contribution in [3.05, 3.63) is 29.3 Å². The van der Waals surface area contributed by atoms with Gasteiger partial charge < -0.3 is 20.5 Å². The van der Waals surface area contributed by atoms with E-state index < -0.39 is 12.0 Å². The molecule has 0 radical (unpaired) electrons. The second kappa shape index (κ2) is 6.04. The Balaban J connectivity index is 2.24. The van der Waals surface area contributed by atoms with E-state index in [1.54, 1.807) is 0 Å². The van der Waals surface area contributed by atoms with Gasteiger partial charge in [-0.15, -0.1) is 0 Å². The highest BCUT2D eigenvalue weighted by atomic mass is 16.5. The number of aliphatic carboxylic acids is 1. The molecule has 0 bridgehead atoms. The van der Waals surface area contributed by atoms with Crippen LogP contribution in [0.4, 0.5) is 5.69 Å². The maximum Gasteiger partial charge on any atom is 0.320 e. The highest BCUT2D eigenvalue weighted by molar-refractivity contribution is 5.74. The van der Waals surface area contributed by atoms with Crippen molar-refractivity contribution in [2.24, 2.45) is 5.73 Å². The number of carbonyl (C=O) groups is 1. The van der Waals surface area contributed by atoms with Gasteiger partial charge in [0, 0.05) is 25.2 Å². The zero-order valence-electron chi connectivity index (χ0n) is 11.1. The van der Waals surface area contributed by atoms with Crippen molar-refractivity contribution in [3.63, 3.8) is 0 Å². The fourth-order valence-corrected chi connectivity index (χ4v) is 2.31. The van der Waals surface area contributed by atoms with E-state index in [0.717, 1.165) is 29.9 Å². The fraction of sp³-hybridized carbons (Fsp3) is 0.500. The summed E-state index contributed by atoms with van der Waals surface area (Å²) in [6, 6.07) is 5.25. The molecule has 1 aliphatic heterocycles. The number of hydrogen-bond acceptors (Lipinski definition) is 4. The van der Waals surface area contributed by atoms with E-state index >= 15 is 0 Å². The Morgan fingerprint density at radius 2 is 2.16 bits per heavy atom. The van der Waals surface area contributed by atoms with E-state index in [0.29, 0.717) is 19.6 Å². The summed E-state index contributed by atoms with van der Waals surface area (Å²) in [5.74, 6) is -0.963. The molecule has 1 saturated heterocycles. The van der Waals surface area contributed by atoms with E-state index in [-0.39, 0.29) is 0 Å². The summed E-state index contributed by atoms with van der Waals surface area (Å²) in [6.07, 6.45) is 0.351. The van der Waals surface area contributed by atoms with Crippen LogP contribution in [0.25, 0.3) is 0 Å². The van der Waals surface area contributed by atoms with Crippen LogP contribution in [0.1, 0.15) is 11.1 Å². The van der Waals surface area contributed by atoms with Gasteiger partial charge in [-0.1, -0.05) is 17.7 Å². The van der Waals surface area contributed by atoms with E-state index in [1.807, 2.05) is 25.1 Å². The summed E-state index contributed by atoms with van der Waals surface area (Å²) in [5, 5.41) is 8.96. The highest BCUT2D eigenvalue weighted by Crippen LogP contribution is 2.24. The molecule has 19 heavy (non-hydrogen) atoms. The van der Waals surface area contributed by atoms with E-state index in [9.17, 15) is 4.79 Å². The van der Waals surface area contributed by atoms with Crippen molar-refractivity contribution in [2.45, 2.75) is 19.4 Å². The third-order valence-corrected chi connectivity index (χ3v) is 3.34. The van der Waals surface area contributed by atoms with E-state index in [4.69, 9.17) is 15.6 Å². The summed E-state index contributed by atoms with van der Waals surface area (Å²) >= 11 is 0. The summed E-state index contributed by atoms with van der Waals surface area (Å²) < 4.78 is 5.34. The highest BCUT2D eigenvalue weighted by Gasteiger charge is 2.19. The summed E-state index contributed by atoms with van der Waals surface area (Å²) in [6.45, 7) is 5.08. The molecule has 1 aromatic rings. The van der Waals surface area contributed by atoms with Crippen LogP contribution < -0.4 is 10.6 Å². The maximum atomic E-state index is 10.9. The molecule has 0 amide bonds. The first-order chi connectivity index (χ1) is 9.08. The summed E-state index contributed by atoms with van der Waals surface area (Å²) in [4.78, 5) is 13.1. The van der Waals surface area contributed by atoms with Crippen molar-refractivity contribution in [1.29, 1.82) is 0 Å². The molecule has 0 saturated carbocycles. The first kappa shape index (κ1) is 13.8. The first-order valence-electron chi connectivity index (χ1n) is 6.48. The molecule has 3 N–H and O–H groups in total. The molecule has 1 atom stereocenters. The van der Waals surface area contributed by atoms with Gasteiger partial charge in [0.05, 0.1) is 13.2 Å². The maximum absolute atomic E-state index is 10.9. The van der Waals surface area contributed by atoms with Crippen LogP contribution in [0.5, 0.6) is 0 Å². The zero-order chi connectivity index (χ0) is 13.8. The van der Waals surface area contributed by atoms with E-state index in [1.165, 1.54) is 0 Å². The number of ether oxygens (including phenoxy) is 1. The van der Waals surface area contributed by atoms with Gasteiger partial charge in [-0.05, 0) is 18.6 Å². The molecule has 1 heterocycles. The van der Waals surface area contributed by atoms with Gasteiger partial charge in [-0.3, -0.25) is 4.79 Å². The molecular formula is C14H20N2O3. The minimum atomic E-state index is -0.963. The van der Waals surface area contributed by atoms with Crippen molar-refractivity contribution >= 4 is 11.7 Å². The largest absolute Gasteiger partial charge is 0.480 e. The number of carboxylic acid groups (broad SMARTS) is 1. The predicted molar refractivity (Wildman–Crippen MR) is 73.5 cm³/mol. The van der Waals surface area contributed by atoms with Crippen molar-refractivity contribution < 1.29 is 14.6 Å². The smallest absolute Gasteiger partial charge is 0.320 e. The summed E-state index contributed by atoms with van der Waals surface area (Å²) in [5.41, 5.74) is 8.84. The molecule has 5 heteroatoms. The monoisotopic (exact) mass is 264 g/mol. The number of benzene rings is 1. The van der Waals surface area contributed by atoms with Crippen LogP contribution in [0.2, 0.25) is 0 Å². The van der Waals surface area contributed by atoms with Crippen molar-refractivity contribution in [3.8, 4) is 0 Å². The van der Waals surface area contributed by atoms with Gasteiger partial charge in [-0.25, -0.2) is 0 Å². The fourth-order valence-electron chi connectivity index (χ4n) is 2.31. The number of nitrogens with zero attached hydrogens (tertiary/aromatic N) is 1. The second-order valence-electron chi connectivity index (χ2n) is 4.88. The first-order valence-corrected chi connectivity index (χ1v) is 6.48. The molecule has 0 spiro atoms. The van der Waals surface area contributed by atoms with E-state index in [2.05, 4.69) is 4.90 Å². The lowest BCUT2D eigenvalue weighted by Gasteiger charge is -2.31. The van der Waals surface area contributed by atoms with Gasteiger partial charge in [0.1, 0.15) is 6.04 Å². The number of hydrogen-bond donors (Lipinski definition) is 2. The molecule has 5 nitrogen and oxygen atoms in total. The van der Waals surface area contributed by atoms with Crippen molar-refractivity contribution in [1.82, 2.24) is 0 Å². The van der Waals surface area contributed by atoms with Gasteiger partial charge in [0.15, 0.2) is 0 Å². The minimum absolute atomic E-state index is 0.351. The number of anilines is 1. The Bertz CT molecular complexity index is 456. The van der Waals surface area contributed by atoms with Crippen LogP contribution in [0.15, 0.2) is 18.2 Å². The Labute approximate surface area is 113 Å². The third-order valence-electron chi connectivity index (χ3n) is 3.34. The average molecular weight is 264 g/mol. The van der Waals surface area contributed by atoms with Gasteiger partial charge in [0.2, 0.25) is 0 Å². The normalized spacial score (nSPS) is 17.3. The van der Waals surface area contributed by atoms with Crippen LogP contribution in [0, 0.1) is 6.92 Å². The Hall–Kier alpha value is -1.59. The number of rotatable bonds is 4. The topological polar surface area (TPSA) is 75.8 Å². The predicted octanol–water partition coefficient (Wildman–Crippen LogP) is 0.786. The lowest BCUT2D eigenvalue weighted by Crippen LogP contribution is -2.38. The molecule has 1 aromatic carbocycles.